The van der Waals surface area contributed by atoms with Crippen LogP contribution in [0.3, 0.4) is 0 Å². The maximum absolute atomic E-state index is 11.1. The van der Waals surface area contributed by atoms with E-state index < -0.39 is 11.9 Å². The van der Waals surface area contributed by atoms with Crippen molar-refractivity contribution in [1.82, 2.24) is 0 Å². The lowest BCUT2D eigenvalue weighted by molar-refractivity contribution is -0.523. The fraction of sp³-hybridized carbons (Fsp3) is 0.778. The van der Waals surface area contributed by atoms with E-state index in [9.17, 15) is 9.59 Å². The normalized spacial score (nSPS) is 30.6. The first-order valence-electron chi connectivity index (χ1n) is 4.54. The van der Waals surface area contributed by atoms with E-state index >= 15 is 0 Å². The number of ketones is 1. The van der Waals surface area contributed by atoms with Crippen molar-refractivity contribution < 1.29 is 23.8 Å². The molecule has 1 rings (SSSR count). The second kappa shape index (κ2) is 4.06. The molecule has 0 saturated carbocycles. The summed E-state index contributed by atoms with van der Waals surface area (Å²) >= 11 is 0. The van der Waals surface area contributed by atoms with Gasteiger partial charge in [0.2, 0.25) is 0 Å². The fourth-order valence-corrected chi connectivity index (χ4v) is 1.21. The van der Waals surface area contributed by atoms with E-state index in [4.69, 9.17) is 14.2 Å². The number of hydrogen-bond acceptors (Lipinski definition) is 5. The van der Waals surface area contributed by atoms with Gasteiger partial charge in [-0.25, -0.2) is 0 Å². The van der Waals surface area contributed by atoms with Crippen molar-refractivity contribution >= 4 is 11.8 Å². The summed E-state index contributed by atoms with van der Waals surface area (Å²) in [5, 5.41) is 0. The Labute approximate surface area is 82.3 Å². The Morgan fingerprint density at radius 1 is 1.43 bits per heavy atom. The molecule has 0 N–H and O–H groups in total. The molecule has 1 heterocycles. The lowest BCUT2D eigenvalue weighted by atomic mass is 10.3. The fourth-order valence-electron chi connectivity index (χ4n) is 1.21. The second-order valence-corrected chi connectivity index (χ2v) is 3.19. The van der Waals surface area contributed by atoms with E-state index in [0.717, 1.165) is 0 Å². The van der Waals surface area contributed by atoms with Gasteiger partial charge in [0.05, 0.1) is 0 Å². The van der Waals surface area contributed by atoms with Gasteiger partial charge in [0.15, 0.2) is 6.29 Å². The van der Waals surface area contributed by atoms with Crippen molar-refractivity contribution in [2.45, 2.75) is 45.9 Å². The summed E-state index contributed by atoms with van der Waals surface area (Å²) in [4.78, 5) is 21.7. The van der Waals surface area contributed by atoms with E-state index in [1.807, 2.05) is 0 Å². The average Bonchev–Trinajstić information content (AvgIpc) is 1.99. The smallest absolute Gasteiger partial charge is 0.333 e. The van der Waals surface area contributed by atoms with Crippen molar-refractivity contribution in [2.24, 2.45) is 0 Å². The molecule has 0 spiro atoms. The highest BCUT2D eigenvalue weighted by atomic mass is 17.0. The van der Waals surface area contributed by atoms with E-state index in [1.54, 1.807) is 13.8 Å². The third-order valence-electron chi connectivity index (χ3n) is 1.79. The maximum Gasteiger partial charge on any atom is 0.333 e. The molecule has 0 amide bonds. The molecule has 1 fully saturated rings. The highest BCUT2D eigenvalue weighted by Gasteiger charge is 2.47. The van der Waals surface area contributed by atoms with Gasteiger partial charge in [-0.2, -0.15) is 0 Å². The van der Waals surface area contributed by atoms with Gasteiger partial charge in [0, 0.05) is 6.42 Å². The molecule has 1 aliphatic rings. The van der Waals surface area contributed by atoms with Crippen LogP contribution in [0, 0.1) is 0 Å². The number of ether oxygens (including phenoxy) is 3. The molecule has 5 heteroatoms. The molecule has 0 aromatic rings. The largest absolute Gasteiger partial charge is 0.407 e. The molecule has 5 nitrogen and oxygen atoms in total. The molecule has 0 atom stereocenters. The van der Waals surface area contributed by atoms with Crippen LogP contribution in [0.25, 0.3) is 0 Å². The Balaban J connectivity index is 2.42. The third kappa shape index (κ3) is 2.52. The molecule has 0 aromatic carbocycles. The Morgan fingerprint density at radius 2 is 2.00 bits per heavy atom. The van der Waals surface area contributed by atoms with Gasteiger partial charge in [-0.1, -0.05) is 6.92 Å². The van der Waals surface area contributed by atoms with Crippen LogP contribution in [0.2, 0.25) is 0 Å². The van der Waals surface area contributed by atoms with Gasteiger partial charge >= 0.3 is 11.9 Å². The number of hydrogen-bond donors (Lipinski definition) is 0. The Hall–Kier alpha value is -0.940. The molecule has 14 heavy (non-hydrogen) atoms. The summed E-state index contributed by atoms with van der Waals surface area (Å²) < 4.78 is 15.2. The zero-order chi connectivity index (χ0) is 10.8. The third-order valence-corrected chi connectivity index (χ3v) is 1.79. The quantitative estimate of drug-likeness (QED) is 0.502. The first kappa shape index (κ1) is 11.1. The van der Waals surface area contributed by atoms with Crippen LogP contribution < -0.4 is 0 Å². The molecular weight excluding hydrogens is 188 g/mol. The van der Waals surface area contributed by atoms with Crippen LogP contribution in [-0.2, 0) is 23.8 Å². The van der Waals surface area contributed by atoms with E-state index in [-0.39, 0.29) is 18.5 Å². The van der Waals surface area contributed by atoms with Gasteiger partial charge in [-0.3, -0.25) is 19.1 Å². The van der Waals surface area contributed by atoms with Crippen molar-refractivity contribution in [3.63, 3.8) is 0 Å². The second-order valence-electron chi connectivity index (χ2n) is 3.19. The summed E-state index contributed by atoms with van der Waals surface area (Å²) in [7, 11) is 0. The standard InChI is InChI=1S/C9H14O5/c1-4-9(12-7(3)13-9)14-8(11)5-6(2)10/h7H,4-5H2,1-3H3. The summed E-state index contributed by atoms with van der Waals surface area (Å²) in [5.41, 5.74) is 0. The lowest BCUT2D eigenvalue weighted by Crippen LogP contribution is -2.54. The molecule has 80 valence electrons. The van der Waals surface area contributed by atoms with Gasteiger partial charge in [-0.05, 0) is 13.8 Å². The first-order valence-corrected chi connectivity index (χ1v) is 4.54. The SMILES string of the molecule is CCC1(OC(=O)CC(C)=O)OC(C)O1. The summed E-state index contributed by atoms with van der Waals surface area (Å²) in [6.45, 7) is 4.80. The minimum atomic E-state index is -1.26. The van der Waals surface area contributed by atoms with Gasteiger partial charge in [0.1, 0.15) is 12.2 Å². The molecule has 0 unspecified atom stereocenters. The Kier molecular flexibility index (Phi) is 3.23. The zero-order valence-corrected chi connectivity index (χ0v) is 8.53. The summed E-state index contributed by atoms with van der Waals surface area (Å²) in [6, 6.07) is 0. The predicted octanol–water partition coefficient (Wildman–Crippen LogP) is 0.965. The van der Waals surface area contributed by atoms with Crippen LogP contribution in [-0.4, -0.2) is 24.0 Å². The minimum absolute atomic E-state index is 0.242. The zero-order valence-electron chi connectivity index (χ0n) is 8.53. The molecule has 0 radical (unpaired) electrons. The predicted molar refractivity (Wildman–Crippen MR) is 46.0 cm³/mol. The topological polar surface area (TPSA) is 61.8 Å². The number of rotatable bonds is 4. The van der Waals surface area contributed by atoms with Gasteiger partial charge in [0.25, 0.3) is 0 Å². The summed E-state index contributed by atoms with van der Waals surface area (Å²) in [6.07, 6.45) is -0.204. The van der Waals surface area contributed by atoms with Crippen molar-refractivity contribution in [3.8, 4) is 0 Å². The van der Waals surface area contributed by atoms with Crippen LogP contribution >= 0.6 is 0 Å². The number of carbonyl (C=O) groups is 2. The molecule has 0 aliphatic carbocycles. The van der Waals surface area contributed by atoms with Crippen molar-refractivity contribution in [1.29, 1.82) is 0 Å². The first-order chi connectivity index (χ1) is 6.47. The highest BCUT2D eigenvalue weighted by Crippen LogP contribution is 2.33. The molecule has 1 aliphatic heterocycles. The van der Waals surface area contributed by atoms with Crippen LogP contribution in [0.4, 0.5) is 0 Å². The number of esters is 1. The van der Waals surface area contributed by atoms with Gasteiger partial charge < -0.3 is 4.74 Å². The Bertz CT molecular complexity index is 242. The van der Waals surface area contributed by atoms with Gasteiger partial charge in [-0.15, -0.1) is 0 Å². The number of Topliss-reactive ketones (excluding diaryl/α,β-unsaturated/α-hetero) is 1. The van der Waals surface area contributed by atoms with E-state index in [2.05, 4.69) is 0 Å². The van der Waals surface area contributed by atoms with Crippen molar-refractivity contribution in [2.75, 3.05) is 0 Å². The Morgan fingerprint density at radius 3 is 2.36 bits per heavy atom. The molecule has 1 saturated heterocycles. The molecule has 0 bridgehead atoms. The van der Waals surface area contributed by atoms with Crippen LogP contribution in [0.15, 0.2) is 0 Å². The van der Waals surface area contributed by atoms with Crippen LogP contribution in [0.5, 0.6) is 0 Å². The van der Waals surface area contributed by atoms with Crippen molar-refractivity contribution in [3.05, 3.63) is 0 Å². The lowest BCUT2D eigenvalue weighted by Gasteiger charge is -2.43. The minimum Gasteiger partial charge on any atom is -0.407 e. The highest BCUT2D eigenvalue weighted by molar-refractivity contribution is 5.94. The molecule has 0 aromatic heterocycles. The monoisotopic (exact) mass is 202 g/mol. The van der Waals surface area contributed by atoms with E-state index in [1.165, 1.54) is 6.92 Å². The summed E-state index contributed by atoms with van der Waals surface area (Å²) in [5.74, 6) is -2.12. The van der Waals surface area contributed by atoms with Crippen LogP contribution in [0.1, 0.15) is 33.6 Å². The maximum atomic E-state index is 11.1. The molecular formula is C9H14O5. The van der Waals surface area contributed by atoms with E-state index in [0.29, 0.717) is 6.42 Å². The number of carbonyl (C=O) groups excluding carboxylic acids is 2. The average molecular weight is 202 g/mol.